The third-order valence-electron chi connectivity index (χ3n) is 5.66. The smallest absolute Gasteiger partial charge is 0.263 e. The fourth-order valence-electron chi connectivity index (χ4n) is 4.40. The van der Waals surface area contributed by atoms with Crippen LogP contribution in [0.15, 0.2) is 6.07 Å². The Morgan fingerprint density at radius 1 is 1.19 bits per heavy atom. The molecular weight excluding hydrogens is 280 g/mol. The van der Waals surface area contributed by atoms with Crippen LogP contribution in [0.4, 0.5) is 0 Å². The SMILES string of the molecule is NC1CCC2CN(C(=O)c3cc4c(s3)CCCCC4)CC12. The first-order valence-electron chi connectivity index (χ1n) is 8.39. The maximum Gasteiger partial charge on any atom is 0.263 e. The van der Waals surface area contributed by atoms with E-state index in [0.29, 0.717) is 17.9 Å². The lowest BCUT2D eigenvalue weighted by Crippen LogP contribution is -2.33. The van der Waals surface area contributed by atoms with Crippen molar-refractivity contribution in [2.24, 2.45) is 17.6 Å². The number of carbonyl (C=O) groups is 1. The van der Waals surface area contributed by atoms with Crippen molar-refractivity contribution in [1.82, 2.24) is 4.90 Å². The Morgan fingerprint density at radius 3 is 2.90 bits per heavy atom. The molecule has 0 aromatic carbocycles. The van der Waals surface area contributed by atoms with Crippen LogP contribution >= 0.6 is 11.3 Å². The Balaban J connectivity index is 1.51. The Hall–Kier alpha value is -0.870. The largest absolute Gasteiger partial charge is 0.337 e. The predicted octanol–water partition coefficient (Wildman–Crippen LogP) is 2.83. The van der Waals surface area contributed by atoms with Crippen molar-refractivity contribution >= 4 is 17.2 Å². The number of hydrogen-bond acceptors (Lipinski definition) is 3. The molecule has 4 rings (SSSR count). The van der Waals surface area contributed by atoms with Gasteiger partial charge in [-0.05, 0) is 62.0 Å². The van der Waals surface area contributed by atoms with E-state index in [2.05, 4.69) is 11.0 Å². The van der Waals surface area contributed by atoms with Crippen molar-refractivity contribution in [2.45, 2.75) is 51.0 Å². The highest BCUT2D eigenvalue weighted by Gasteiger charge is 2.42. The second-order valence-corrected chi connectivity index (χ2v) is 8.13. The summed E-state index contributed by atoms with van der Waals surface area (Å²) in [5.41, 5.74) is 7.62. The zero-order valence-corrected chi connectivity index (χ0v) is 13.3. The van der Waals surface area contributed by atoms with E-state index in [9.17, 15) is 4.79 Å². The molecule has 114 valence electrons. The van der Waals surface area contributed by atoms with Gasteiger partial charge in [0.1, 0.15) is 0 Å². The highest BCUT2D eigenvalue weighted by molar-refractivity contribution is 7.14. The van der Waals surface area contributed by atoms with Crippen LogP contribution in [0.25, 0.3) is 0 Å². The number of aryl methyl sites for hydroxylation is 2. The van der Waals surface area contributed by atoms with Gasteiger partial charge in [-0.15, -0.1) is 11.3 Å². The second kappa shape index (κ2) is 5.40. The van der Waals surface area contributed by atoms with Gasteiger partial charge in [0.2, 0.25) is 0 Å². The van der Waals surface area contributed by atoms with Crippen molar-refractivity contribution in [3.05, 3.63) is 21.4 Å². The van der Waals surface area contributed by atoms with E-state index in [0.717, 1.165) is 30.8 Å². The average molecular weight is 304 g/mol. The molecule has 21 heavy (non-hydrogen) atoms. The topological polar surface area (TPSA) is 46.3 Å². The van der Waals surface area contributed by atoms with Crippen LogP contribution in [0.5, 0.6) is 0 Å². The number of thiophene rings is 1. The summed E-state index contributed by atoms with van der Waals surface area (Å²) in [6, 6.07) is 2.50. The zero-order chi connectivity index (χ0) is 14.4. The normalized spacial score (nSPS) is 31.9. The number of fused-ring (bicyclic) bond motifs is 2. The lowest BCUT2D eigenvalue weighted by molar-refractivity contribution is 0.0784. The number of carbonyl (C=O) groups excluding carboxylic acids is 1. The number of hydrogen-bond donors (Lipinski definition) is 1. The highest BCUT2D eigenvalue weighted by Crippen LogP contribution is 2.38. The fraction of sp³-hybridized carbons (Fsp3) is 0.706. The van der Waals surface area contributed by atoms with Crippen LogP contribution in [0.3, 0.4) is 0 Å². The molecule has 1 amide bonds. The molecule has 3 nitrogen and oxygen atoms in total. The summed E-state index contributed by atoms with van der Waals surface area (Å²) in [6.45, 7) is 1.81. The van der Waals surface area contributed by atoms with E-state index in [1.54, 1.807) is 11.3 Å². The van der Waals surface area contributed by atoms with Crippen LogP contribution in [-0.4, -0.2) is 29.9 Å². The molecule has 1 aliphatic heterocycles. The predicted molar refractivity (Wildman–Crippen MR) is 85.7 cm³/mol. The minimum atomic E-state index is 0.259. The number of rotatable bonds is 1. The molecule has 1 saturated carbocycles. The van der Waals surface area contributed by atoms with E-state index in [-0.39, 0.29) is 5.91 Å². The third kappa shape index (κ3) is 2.42. The van der Waals surface area contributed by atoms with Gasteiger partial charge in [-0.2, -0.15) is 0 Å². The average Bonchev–Trinajstić information content (AvgIpc) is 3.12. The summed E-state index contributed by atoms with van der Waals surface area (Å²) in [4.78, 5) is 17.3. The van der Waals surface area contributed by atoms with Crippen molar-refractivity contribution < 1.29 is 4.79 Å². The van der Waals surface area contributed by atoms with Gasteiger partial charge in [-0.1, -0.05) is 6.42 Å². The highest BCUT2D eigenvalue weighted by atomic mass is 32.1. The molecule has 2 aliphatic carbocycles. The molecule has 3 aliphatic rings. The van der Waals surface area contributed by atoms with Gasteiger partial charge >= 0.3 is 0 Å². The molecule has 3 unspecified atom stereocenters. The summed E-state index contributed by atoms with van der Waals surface area (Å²) in [5.74, 6) is 1.46. The van der Waals surface area contributed by atoms with Crippen LogP contribution < -0.4 is 5.73 Å². The summed E-state index contributed by atoms with van der Waals surface area (Å²) in [7, 11) is 0. The standard InChI is InChI=1S/C17H24N2OS/c18-14-7-6-12-9-19(10-13(12)14)17(20)16-8-11-4-2-1-3-5-15(11)21-16/h8,12-14H,1-7,9-10,18H2. The van der Waals surface area contributed by atoms with E-state index >= 15 is 0 Å². The maximum absolute atomic E-state index is 12.8. The number of likely N-dealkylation sites (tertiary alicyclic amines) is 1. The quantitative estimate of drug-likeness (QED) is 0.811. The first-order valence-corrected chi connectivity index (χ1v) is 9.20. The monoisotopic (exact) mass is 304 g/mol. The molecule has 2 fully saturated rings. The number of nitrogens with two attached hydrogens (primary N) is 1. The van der Waals surface area contributed by atoms with Gasteiger partial charge in [0, 0.05) is 24.0 Å². The van der Waals surface area contributed by atoms with Crippen LogP contribution in [0.1, 0.15) is 52.2 Å². The lowest BCUT2D eigenvalue weighted by Gasteiger charge is -2.17. The summed E-state index contributed by atoms with van der Waals surface area (Å²) < 4.78 is 0. The molecule has 0 bridgehead atoms. The molecular formula is C17H24N2OS. The van der Waals surface area contributed by atoms with Gasteiger partial charge in [0.05, 0.1) is 4.88 Å². The number of amides is 1. The molecule has 2 heterocycles. The Bertz CT molecular complexity index is 529. The molecule has 2 N–H and O–H groups in total. The Morgan fingerprint density at radius 2 is 2.05 bits per heavy atom. The van der Waals surface area contributed by atoms with Crippen LogP contribution in [0, 0.1) is 11.8 Å². The van der Waals surface area contributed by atoms with E-state index < -0.39 is 0 Å². The van der Waals surface area contributed by atoms with Gasteiger partial charge in [0.15, 0.2) is 0 Å². The molecule has 1 saturated heterocycles. The Labute approximate surface area is 130 Å². The molecule has 0 radical (unpaired) electrons. The minimum absolute atomic E-state index is 0.259. The summed E-state index contributed by atoms with van der Waals surface area (Å²) >= 11 is 1.75. The third-order valence-corrected chi connectivity index (χ3v) is 6.88. The first kappa shape index (κ1) is 13.8. The second-order valence-electron chi connectivity index (χ2n) is 6.99. The zero-order valence-electron chi connectivity index (χ0n) is 12.5. The van der Waals surface area contributed by atoms with Crippen molar-refractivity contribution in [3.63, 3.8) is 0 Å². The molecule has 1 aromatic rings. The molecule has 1 aromatic heterocycles. The molecule has 0 spiro atoms. The van der Waals surface area contributed by atoms with Crippen molar-refractivity contribution in [3.8, 4) is 0 Å². The Kier molecular flexibility index (Phi) is 3.54. The van der Waals surface area contributed by atoms with Gasteiger partial charge in [-0.25, -0.2) is 0 Å². The fourth-order valence-corrected chi connectivity index (χ4v) is 5.62. The van der Waals surface area contributed by atoms with Gasteiger partial charge < -0.3 is 10.6 Å². The lowest BCUT2D eigenvalue weighted by atomic mass is 9.98. The van der Waals surface area contributed by atoms with Gasteiger partial charge in [-0.3, -0.25) is 4.79 Å². The van der Waals surface area contributed by atoms with E-state index in [1.807, 2.05) is 0 Å². The molecule has 3 atom stereocenters. The minimum Gasteiger partial charge on any atom is -0.337 e. The van der Waals surface area contributed by atoms with Crippen molar-refractivity contribution in [1.29, 1.82) is 0 Å². The van der Waals surface area contributed by atoms with E-state index in [4.69, 9.17) is 5.73 Å². The van der Waals surface area contributed by atoms with E-state index in [1.165, 1.54) is 42.5 Å². The van der Waals surface area contributed by atoms with Crippen LogP contribution in [-0.2, 0) is 12.8 Å². The first-order chi connectivity index (χ1) is 10.2. The molecule has 4 heteroatoms. The van der Waals surface area contributed by atoms with Crippen molar-refractivity contribution in [2.75, 3.05) is 13.1 Å². The van der Waals surface area contributed by atoms with Crippen LogP contribution in [0.2, 0.25) is 0 Å². The van der Waals surface area contributed by atoms with Gasteiger partial charge in [0.25, 0.3) is 5.91 Å². The summed E-state index contributed by atoms with van der Waals surface area (Å²) in [5, 5.41) is 0. The number of nitrogens with zero attached hydrogens (tertiary/aromatic N) is 1. The summed E-state index contributed by atoms with van der Waals surface area (Å²) in [6.07, 6.45) is 8.57. The maximum atomic E-state index is 12.8.